The number of hydrogen-bond donors (Lipinski definition) is 0. The molecule has 17 heavy (non-hydrogen) atoms. The van der Waals surface area contributed by atoms with Gasteiger partial charge in [-0.1, -0.05) is 17.7 Å². The SMILES string of the molecule is CC(C)n1cc(CN(C)C)c2c(Cl)cccc21. The van der Waals surface area contributed by atoms with Gasteiger partial charge in [0.1, 0.15) is 0 Å². The molecule has 92 valence electrons. The third kappa shape index (κ3) is 2.33. The second-order valence-corrected chi connectivity index (χ2v) is 5.43. The molecule has 0 aliphatic rings. The van der Waals surface area contributed by atoms with E-state index in [1.807, 2.05) is 12.1 Å². The summed E-state index contributed by atoms with van der Waals surface area (Å²) in [5.41, 5.74) is 2.52. The number of nitrogens with zero attached hydrogens (tertiary/aromatic N) is 2. The second kappa shape index (κ2) is 4.71. The van der Waals surface area contributed by atoms with Crippen LogP contribution >= 0.6 is 11.6 Å². The Morgan fingerprint density at radius 1 is 1.29 bits per heavy atom. The predicted octanol–water partition coefficient (Wildman–Crippen LogP) is 3.94. The number of aromatic nitrogens is 1. The number of hydrogen-bond acceptors (Lipinski definition) is 1. The zero-order valence-electron chi connectivity index (χ0n) is 10.9. The van der Waals surface area contributed by atoms with Crippen LogP contribution in [-0.4, -0.2) is 23.6 Å². The lowest BCUT2D eigenvalue weighted by molar-refractivity contribution is 0.403. The molecule has 0 aliphatic carbocycles. The number of benzene rings is 1. The van der Waals surface area contributed by atoms with Crippen molar-refractivity contribution in [1.82, 2.24) is 9.47 Å². The van der Waals surface area contributed by atoms with Gasteiger partial charge in [-0.15, -0.1) is 0 Å². The van der Waals surface area contributed by atoms with Crippen LogP contribution in [0.2, 0.25) is 5.02 Å². The van der Waals surface area contributed by atoms with Crippen molar-refractivity contribution in [3.63, 3.8) is 0 Å². The molecule has 3 heteroatoms. The van der Waals surface area contributed by atoms with E-state index in [-0.39, 0.29) is 0 Å². The highest BCUT2D eigenvalue weighted by Crippen LogP contribution is 2.31. The average Bonchev–Trinajstić information content (AvgIpc) is 2.57. The lowest BCUT2D eigenvalue weighted by Gasteiger charge is -2.09. The Kier molecular flexibility index (Phi) is 3.45. The van der Waals surface area contributed by atoms with Crippen LogP contribution in [0.15, 0.2) is 24.4 Å². The topological polar surface area (TPSA) is 8.17 Å². The van der Waals surface area contributed by atoms with Crippen LogP contribution in [0.4, 0.5) is 0 Å². The van der Waals surface area contributed by atoms with Crippen molar-refractivity contribution in [2.75, 3.05) is 14.1 Å². The smallest absolute Gasteiger partial charge is 0.0503 e. The Hall–Kier alpha value is -0.990. The molecule has 0 unspecified atom stereocenters. The van der Waals surface area contributed by atoms with Gasteiger partial charge in [0.25, 0.3) is 0 Å². The summed E-state index contributed by atoms with van der Waals surface area (Å²) in [6.07, 6.45) is 2.22. The van der Waals surface area contributed by atoms with Gasteiger partial charge in [0, 0.05) is 24.2 Å². The minimum atomic E-state index is 0.451. The van der Waals surface area contributed by atoms with Gasteiger partial charge in [-0.3, -0.25) is 0 Å². The van der Waals surface area contributed by atoms with E-state index < -0.39 is 0 Å². The van der Waals surface area contributed by atoms with E-state index in [0.717, 1.165) is 11.6 Å². The van der Waals surface area contributed by atoms with Crippen molar-refractivity contribution in [2.45, 2.75) is 26.4 Å². The molecule has 0 saturated heterocycles. The van der Waals surface area contributed by atoms with Gasteiger partial charge in [0.2, 0.25) is 0 Å². The Balaban J connectivity index is 2.67. The van der Waals surface area contributed by atoms with Crippen molar-refractivity contribution in [2.24, 2.45) is 0 Å². The summed E-state index contributed by atoms with van der Waals surface area (Å²) in [5, 5.41) is 2.04. The lowest BCUT2D eigenvalue weighted by Crippen LogP contribution is -2.10. The van der Waals surface area contributed by atoms with E-state index in [4.69, 9.17) is 11.6 Å². The van der Waals surface area contributed by atoms with Crippen molar-refractivity contribution < 1.29 is 0 Å². The first kappa shape index (κ1) is 12.5. The Labute approximate surface area is 108 Å². The third-order valence-corrected chi connectivity index (χ3v) is 3.24. The first-order valence-corrected chi connectivity index (χ1v) is 6.31. The fourth-order valence-corrected chi connectivity index (χ4v) is 2.53. The molecular formula is C14H19ClN2. The molecule has 1 aromatic carbocycles. The largest absolute Gasteiger partial charge is 0.345 e. The maximum atomic E-state index is 6.33. The monoisotopic (exact) mass is 250 g/mol. The van der Waals surface area contributed by atoms with Crippen LogP contribution in [-0.2, 0) is 6.54 Å². The summed E-state index contributed by atoms with van der Waals surface area (Å²) in [7, 11) is 4.16. The Morgan fingerprint density at radius 3 is 2.59 bits per heavy atom. The normalized spacial score (nSPS) is 11.9. The van der Waals surface area contributed by atoms with Crippen LogP contribution in [0, 0.1) is 0 Å². The van der Waals surface area contributed by atoms with E-state index in [1.54, 1.807) is 0 Å². The molecule has 0 N–H and O–H groups in total. The highest BCUT2D eigenvalue weighted by Gasteiger charge is 2.13. The van der Waals surface area contributed by atoms with Gasteiger partial charge in [0.05, 0.1) is 10.5 Å². The third-order valence-electron chi connectivity index (χ3n) is 2.93. The average molecular weight is 251 g/mol. The number of halogens is 1. The van der Waals surface area contributed by atoms with E-state index >= 15 is 0 Å². The zero-order valence-corrected chi connectivity index (χ0v) is 11.6. The van der Waals surface area contributed by atoms with Crippen molar-refractivity contribution in [1.29, 1.82) is 0 Å². The van der Waals surface area contributed by atoms with Crippen LogP contribution in [0.3, 0.4) is 0 Å². The molecule has 0 fully saturated rings. The van der Waals surface area contributed by atoms with Gasteiger partial charge < -0.3 is 9.47 Å². The van der Waals surface area contributed by atoms with Crippen molar-refractivity contribution in [3.05, 3.63) is 35.0 Å². The van der Waals surface area contributed by atoms with Crippen LogP contribution < -0.4 is 0 Å². The maximum absolute atomic E-state index is 6.33. The van der Waals surface area contributed by atoms with Crippen LogP contribution in [0.25, 0.3) is 10.9 Å². The molecular weight excluding hydrogens is 232 g/mol. The van der Waals surface area contributed by atoms with Crippen molar-refractivity contribution >= 4 is 22.5 Å². The first-order chi connectivity index (χ1) is 8.00. The molecule has 0 bridgehead atoms. The van der Waals surface area contributed by atoms with Gasteiger partial charge >= 0.3 is 0 Å². The molecule has 0 atom stereocenters. The minimum Gasteiger partial charge on any atom is -0.345 e. The number of fused-ring (bicyclic) bond motifs is 1. The molecule has 0 saturated carbocycles. The zero-order chi connectivity index (χ0) is 12.6. The minimum absolute atomic E-state index is 0.451. The number of rotatable bonds is 3. The van der Waals surface area contributed by atoms with E-state index in [2.05, 4.69) is 49.7 Å². The standard InChI is InChI=1S/C14H19ClN2/c1-10(2)17-9-11(8-16(3)4)14-12(15)6-5-7-13(14)17/h5-7,9-10H,8H2,1-4H3. The van der Waals surface area contributed by atoms with E-state index in [0.29, 0.717) is 6.04 Å². The highest BCUT2D eigenvalue weighted by atomic mass is 35.5. The van der Waals surface area contributed by atoms with Gasteiger partial charge in [-0.25, -0.2) is 0 Å². The first-order valence-electron chi connectivity index (χ1n) is 5.93. The highest BCUT2D eigenvalue weighted by molar-refractivity contribution is 6.35. The van der Waals surface area contributed by atoms with Gasteiger partial charge in [0.15, 0.2) is 0 Å². The summed E-state index contributed by atoms with van der Waals surface area (Å²) in [4.78, 5) is 2.17. The molecule has 0 aliphatic heterocycles. The van der Waals surface area contributed by atoms with Crippen LogP contribution in [0.5, 0.6) is 0 Å². The molecule has 2 rings (SSSR count). The Morgan fingerprint density at radius 2 is 2.00 bits per heavy atom. The summed E-state index contributed by atoms with van der Waals surface area (Å²) < 4.78 is 2.29. The van der Waals surface area contributed by atoms with E-state index in [1.165, 1.54) is 16.5 Å². The molecule has 2 aromatic rings. The summed E-state index contributed by atoms with van der Waals surface area (Å²) in [6, 6.07) is 6.57. The maximum Gasteiger partial charge on any atom is 0.0503 e. The fraction of sp³-hybridized carbons (Fsp3) is 0.429. The Bertz CT molecular complexity index is 526. The molecule has 1 aromatic heterocycles. The fourth-order valence-electron chi connectivity index (χ4n) is 2.24. The van der Waals surface area contributed by atoms with Crippen LogP contribution in [0.1, 0.15) is 25.5 Å². The molecule has 0 amide bonds. The molecule has 1 heterocycles. The summed E-state index contributed by atoms with van der Waals surface area (Å²) in [6.45, 7) is 5.31. The summed E-state index contributed by atoms with van der Waals surface area (Å²) in [5.74, 6) is 0. The van der Waals surface area contributed by atoms with Crippen molar-refractivity contribution in [3.8, 4) is 0 Å². The van der Waals surface area contributed by atoms with Gasteiger partial charge in [-0.05, 0) is 45.6 Å². The molecule has 2 nitrogen and oxygen atoms in total. The molecule has 0 spiro atoms. The quantitative estimate of drug-likeness (QED) is 0.801. The van der Waals surface area contributed by atoms with Gasteiger partial charge in [-0.2, -0.15) is 0 Å². The van der Waals surface area contributed by atoms with E-state index in [9.17, 15) is 0 Å². The molecule has 0 radical (unpaired) electrons. The lowest BCUT2D eigenvalue weighted by atomic mass is 10.1. The predicted molar refractivity (Wildman–Crippen MR) is 74.7 cm³/mol. The summed E-state index contributed by atoms with van der Waals surface area (Å²) >= 11 is 6.33. The second-order valence-electron chi connectivity index (χ2n) is 5.03.